The zero-order chi connectivity index (χ0) is 23.3. The first-order valence-corrected chi connectivity index (χ1v) is 11.9. The average Bonchev–Trinajstić information content (AvgIpc) is 2.72. The summed E-state index contributed by atoms with van der Waals surface area (Å²) in [4.78, 5) is 25.1. The van der Waals surface area contributed by atoms with Crippen LogP contribution < -0.4 is 10.5 Å². The number of rotatable bonds is 3. The first kappa shape index (κ1) is 22.0. The SMILES string of the molecule is [C-]#[N+]c1cnc(C(=O)Cc2ccc3c(c2)[C@]2(CCO3)CS(=O)(=O)C(C)(C)C(N)=N2)c(C)c1. The Morgan fingerprint density at radius 3 is 2.72 bits per heavy atom. The maximum Gasteiger partial charge on any atom is 0.205 e. The molecule has 0 fully saturated rings. The van der Waals surface area contributed by atoms with Gasteiger partial charge in [-0.3, -0.25) is 14.8 Å². The Balaban J connectivity index is 1.73. The van der Waals surface area contributed by atoms with Crippen LogP contribution in [0.5, 0.6) is 5.75 Å². The molecule has 2 aromatic rings. The number of carbonyl (C=O) groups is 1. The number of sulfone groups is 1. The zero-order valence-electron chi connectivity index (χ0n) is 18.2. The lowest BCUT2D eigenvalue weighted by atomic mass is 9.84. The minimum Gasteiger partial charge on any atom is -0.493 e. The number of carbonyl (C=O) groups excluding carboxylic acids is 1. The van der Waals surface area contributed by atoms with Crippen molar-refractivity contribution in [3.8, 4) is 5.75 Å². The van der Waals surface area contributed by atoms with E-state index in [-0.39, 0.29) is 23.8 Å². The molecule has 2 aliphatic rings. The largest absolute Gasteiger partial charge is 0.493 e. The highest BCUT2D eigenvalue weighted by Gasteiger charge is 2.52. The molecule has 9 heteroatoms. The van der Waals surface area contributed by atoms with Gasteiger partial charge in [0.2, 0.25) is 5.69 Å². The van der Waals surface area contributed by atoms with Crippen LogP contribution in [0.25, 0.3) is 4.85 Å². The average molecular weight is 453 g/mol. The second-order valence-electron chi connectivity index (χ2n) is 8.80. The Bertz CT molecular complexity index is 1310. The van der Waals surface area contributed by atoms with E-state index in [2.05, 4.69) is 14.8 Å². The molecule has 1 aromatic heterocycles. The van der Waals surface area contributed by atoms with Crippen LogP contribution in [-0.2, 0) is 21.8 Å². The Labute approximate surface area is 187 Å². The molecule has 0 saturated carbocycles. The van der Waals surface area contributed by atoms with Gasteiger partial charge in [0.25, 0.3) is 0 Å². The van der Waals surface area contributed by atoms with Crippen molar-refractivity contribution < 1.29 is 17.9 Å². The quantitative estimate of drug-likeness (QED) is 0.565. The monoisotopic (exact) mass is 452 g/mol. The van der Waals surface area contributed by atoms with Crippen molar-refractivity contribution in [1.82, 2.24) is 4.98 Å². The number of pyridine rings is 1. The van der Waals surface area contributed by atoms with Gasteiger partial charge in [0.05, 0.1) is 18.9 Å². The highest BCUT2D eigenvalue weighted by Crippen LogP contribution is 2.45. The molecule has 8 nitrogen and oxygen atoms in total. The van der Waals surface area contributed by atoms with E-state index in [4.69, 9.17) is 17.0 Å². The number of hydrogen-bond donors (Lipinski definition) is 1. The van der Waals surface area contributed by atoms with Crippen LogP contribution in [0, 0.1) is 13.5 Å². The fourth-order valence-electron chi connectivity index (χ4n) is 4.14. The molecule has 3 heterocycles. The summed E-state index contributed by atoms with van der Waals surface area (Å²) >= 11 is 0. The van der Waals surface area contributed by atoms with E-state index in [1.54, 1.807) is 45.0 Å². The Kier molecular flexibility index (Phi) is 5.09. The van der Waals surface area contributed by atoms with Crippen LogP contribution in [-0.4, -0.2) is 42.1 Å². The van der Waals surface area contributed by atoms with Crippen molar-refractivity contribution in [3.63, 3.8) is 0 Å². The van der Waals surface area contributed by atoms with Crippen LogP contribution >= 0.6 is 0 Å². The molecule has 1 atom stereocenters. The minimum absolute atomic E-state index is 0.0754. The molecule has 0 bridgehead atoms. The number of aliphatic imine (C=N–C) groups is 1. The van der Waals surface area contributed by atoms with Crippen LogP contribution in [0.15, 0.2) is 35.5 Å². The number of ketones is 1. The first-order chi connectivity index (χ1) is 15.0. The van der Waals surface area contributed by atoms with Crippen molar-refractivity contribution in [3.05, 3.63) is 64.3 Å². The molecule has 1 spiro atoms. The van der Waals surface area contributed by atoms with E-state index in [1.165, 1.54) is 6.20 Å². The summed E-state index contributed by atoms with van der Waals surface area (Å²) in [5, 5.41) is 0. The molecular formula is C23H24N4O4S. The number of nitrogens with zero attached hydrogens (tertiary/aromatic N) is 3. The van der Waals surface area contributed by atoms with E-state index in [9.17, 15) is 13.2 Å². The third-order valence-electron chi connectivity index (χ3n) is 6.30. The fourth-order valence-corrected chi connectivity index (χ4v) is 5.86. The maximum absolute atomic E-state index is 13.0. The van der Waals surface area contributed by atoms with Crippen molar-refractivity contribution in [2.45, 2.75) is 43.9 Å². The smallest absolute Gasteiger partial charge is 0.205 e. The van der Waals surface area contributed by atoms with Crippen LogP contribution in [0.1, 0.15) is 47.4 Å². The molecule has 0 saturated heterocycles. The van der Waals surface area contributed by atoms with Gasteiger partial charge in [0, 0.05) is 24.6 Å². The molecule has 0 aliphatic carbocycles. The molecule has 2 aliphatic heterocycles. The lowest BCUT2D eigenvalue weighted by Gasteiger charge is -2.42. The number of aromatic nitrogens is 1. The van der Waals surface area contributed by atoms with Gasteiger partial charge in [-0.25, -0.2) is 13.3 Å². The minimum atomic E-state index is -3.56. The van der Waals surface area contributed by atoms with Gasteiger partial charge in [0.15, 0.2) is 15.6 Å². The Morgan fingerprint density at radius 1 is 1.31 bits per heavy atom. The van der Waals surface area contributed by atoms with Crippen LogP contribution in [0.3, 0.4) is 0 Å². The van der Waals surface area contributed by atoms with Crippen molar-refractivity contribution in [1.29, 1.82) is 0 Å². The molecule has 0 amide bonds. The number of hydrogen-bond acceptors (Lipinski definition) is 7. The topological polar surface area (TPSA) is 116 Å². The number of nitrogens with two attached hydrogens (primary N) is 1. The van der Waals surface area contributed by atoms with E-state index >= 15 is 0 Å². The molecule has 0 radical (unpaired) electrons. The maximum atomic E-state index is 13.0. The van der Waals surface area contributed by atoms with E-state index in [0.717, 1.165) is 0 Å². The number of ether oxygens (including phenoxy) is 1. The molecule has 0 unspecified atom stereocenters. The van der Waals surface area contributed by atoms with E-state index in [1.807, 2.05) is 0 Å². The zero-order valence-corrected chi connectivity index (χ0v) is 19.0. The van der Waals surface area contributed by atoms with Gasteiger partial charge in [-0.15, -0.1) is 0 Å². The van der Waals surface area contributed by atoms with Gasteiger partial charge in [0.1, 0.15) is 27.6 Å². The third-order valence-corrected chi connectivity index (χ3v) is 8.92. The molecule has 1 aromatic carbocycles. The summed E-state index contributed by atoms with van der Waals surface area (Å²) < 4.78 is 30.6. The molecule has 2 N–H and O–H groups in total. The summed E-state index contributed by atoms with van der Waals surface area (Å²) in [6.45, 7) is 12.3. The fraction of sp³-hybridized carbons (Fsp3) is 0.391. The van der Waals surface area contributed by atoms with Gasteiger partial charge >= 0.3 is 0 Å². The summed E-state index contributed by atoms with van der Waals surface area (Å²) in [6.07, 6.45) is 1.84. The second-order valence-corrected chi connectivity index (χ2v) is 11.3. The Morgan fingerprint density at radius 2 is 2.06 bits per heavy atom. The van der Waals surface area contributed by atoms with E-state index < -0.39 is 20.1 Å². The summed E-state index contributed by atoms with van der Waals surface area (Å²) in [5.41, 5.74) is 7.76. The molecular weight excluding hydrogens is 428 g/mol. The normalized spacial score (nSPS) is 22.9. The second kappa shape index (κ2) is 7.41. The van der Waals surface area contributed by atoms with Gasteiger partial charge < -0.3 is 10.5 Å². The third kappa shape index (κ3) is 3.45. The molecule has 4 rings (SSSR count). The highest BCUT2D eigenvalue weighted by atomic mass is 32.2. The van der Waals surface area contributed by atoms with E-state index in [0.29, 0.717) is 46.8 Å². The van der Waals surface area contributed by atoms with Gasteiger partial charge in [-0.1, -0.05) is 6.07 Å². The molecule has 166 valence electrons. The first-order valence-electron chi connectivity index (χ1n) is 10.2. The van der Waals surface area contributed by atoms with Gasteiger partial charge in [-0.05, 0) is 50.1 Å². The van der Waals surface area contributed by atoms with Crippen molar-refractivity contribution in [2.75, 3.05) is 12.4 Å². The summed E-state index contributed by atoms with van der Waals surface area (Å²) in [7, 11) is -3.56. The summed E-state index contributed by atoms with van der Waals surface area (Å²) in [5.74, 6) is 0.276. The number of Topliss-reactive ketones (excluding diaryl/α,β-unsaturated/α-hetero) is 1. The Hall–Kier alpha value is -3.25. The molecule has 32 heavy (non-hydrogen) atoms. The number of amidine groups is 1. The lowest BCUT2D eigenvalue weighted by molar-refractivity contribution is 0.0987. The number of fused-ring (bicyclic) bond motifs is 2. The van der Waals surface area contributed by atoms with Crippen LogP contribution in [0.4, 0.5) is 5.69 Å². The van der Waals surface area contributed by atoms with Crippen LogP contribution in [0.2, 0.25) is 0 Å². The number of aryl methyl sites for hydroxylation is 1. The lowest BCUT2D eigenvalue weighted by Crippen LogP contribution is -2.56. The number of benzene rings is 1. The summed E-state index contributed by atoms with van der Waals surface area (Å²) in [6, 6.07) is 6.96. The van der Waals surface area contributed by atoms with Gasteiger partial charge in [-0.2, -0.15) is 0 Å². The van der Waals surface area contributed by atoms with Crippen molar-refractivity contribution in [2.24, 2.45) is 10.7 Å². The standard InChI is InChI=1S/C23H24N4O4S/c1-14-9-16(25-4)12-26-20(14)18(28)11-15-5-6-19-17(10-15)23(7-8-31-19)13-32(29,30)22(2,3)21(24)27-23/h5-6,9-10,12H,7-8,11,13H2,1-3H3,(H2,24,27)/t23-/m0/s1. The predicted octanol–water partition coefficient (Wildman–Crippen LogP) is 2.91. The highest BCUT2D eigenvalue weighted by molar-refractivity contribution is 7.93. The predicted molar refractivity (Wildman–Crippen MR) is 121 cm³/mol. The van der Waals surface area contributed by atoms with Crippen molar-refractivity contribution >= 4 is 27.1 Å².